The second-order valence-electron chi connectivity index (χ2n) is 4.99. The van der Waals surface area contributed by atoms with Crippen LogP contribution in [0.2, 0.25) is 0 Å². The number of hydrogen-bond donors (Lipinski definition) is 0. The maximum atomic E-state index is 5.63. The number of ether oxygens (including phenoxy) is 1. The molecule has 0 spiro atoms. The maximum Gasteiger partial charge on any atom is 0.0612 e. The number of methoxy groups -OCH3 is 1. The Hall–Kier alpha value is -0.0800. The average Bonchev–Trinajstić information content (AvgIpc) is 2.26. The Morgan fingerprint density at radius 2 is 1.86 bits per heavy atom. The largest absolute Gasteiger partial charge is 0.381 e. The first-order chi connectivity index (χ1) is 6.81. The minimum absolute atomic E-state index is 0.528. The first-order valence-corrected chi connectivity index (χ1v) is 6.04. The zero-order valence-corrected chi connectivity index (χ0v) is 9.54. The van der Waals surface area contributed by atoms with Crippen molar-refractivity contribution in [2.24, 2.45) is 5.92 Å². The molecule has 0 aromatic rings. The van der Waals surface area contributed by atoms with Gasteiger partial charge in [-0.2, -0.15) is 0 Å². The summed E-state index contributed by atoms with van der Waals surface area (Å²) in [5, 5.41) is 0. The summed E-state index contributed by atoms with van der Waals surface area (Å²) in [5.74, 6) is 0.787. The van der Waals surface area contributed by atoms with Crippen LogP contribution in [0.3, 0.4) is 0 Å². The highest BCUT2D eigenvalue weighted by molar-refractivity contribution is 4.85. The Bertz CT molecular complexity index is 183. The molecule has 0 amide bonds. The standard InChI is InChI=1S/C12H23NO/c1-13-9-10-5-3-4-6-11(13)7-8-12(10)14-2/h10-12H,3-9H2,1-2H3. The van der Waals surface area contributed by atoms with Gasteiger partial charge in [-0.1, -0.05) is 12.8 Å². The van der Waals surface area contributed by atoms with Crippen molar-refractivity contribution in [3.63, 3.8) is 0 Å². The summed E-state index contributed by atoms with van der Waals surface area (Å²) < 4.78 is 5.63. The minimum Gasteiger partial charge on any atom is -0.381 e. The summed E-state index contributed by atoms with van der Waals surface area (Å²) in [6.07, 6.45) is 8.74. The highest BCUT2D eigenvalue weighted by atomic mass is 16.5. The predicted molar refractivity (Wildman–Crippen MR) is 58.4 cm³/mol. The van der Waals surface area contributed by atoms with E-state index in [9.17, 15) is 0 Å². The van der Waals surface area contributed by atoms with Gasteiger partial charge in [0.2, 0.25) is 0 Å². The lowest BCUT2D eigenvalue weighted by atomic mass is 9.94. The van der Waals surface area contributed by atoms with Crippen LogP contribution in [-0.2, 0) is 4.74 Å². The molecular weight excluding hydrogens is 174 g/mol. The molecule has 2 heterocycles. The summed E-state index contributed by atoms with van der Waals surface area (Å²) in [6.45, 7) is 1.25. The van der Waals surface area contributed by atoms with Crippen molar-refractivity contribution < 1.29 is 4.74 Å². The first-order valence-electron chi connectivity index (χ1n) is 6.04. The van der Waals surface area contributed by atoms with Gasteiger partial charge in [0.15, 0.2) is 0 Å². The lowest BCUT2D eigenvalue weighted by molar-refractivity contribution is 0.0393. The Morgan fingerprint density at radius 1 is 1.07 bits per heavy atom. The molecule has 2 saturated heterocycles. The Kier molecular flexibility index (Phi) is 3.45. The molecule has 2 rings (SSSR count). The summed E-state index contributed by atoms with van der Waals surface area (Å²) in [5.41, 5.74) is 0. The molecule has 3 atom stereocenters. The minimum atomic E-state index is 0.528. The van der Waals surface area contributed by atoms with Crippen LogP contribution in [0.4, 0.5) is 0 Å². The molecule has 0 radical (unpaired) electrons. The van der Waals surface area contributed by atoms with E-state index in [0.717, 1.165) is 12.0 Å². The zero-order chi connectivity index (χ0) is 9.97. The summed E-state index contributed by atoms with van der Waals surface area (Å²) in [7, 11) is 4.18. The molecule has 14 heavy (non-hydrogen) atoms. The highest BCUT2D eigenvalue weighted by Crippen LogP contribution is 2.31. The molecule has 2 bridgehead atoms. The molecule has 2 nitrogen and oxygen atoms in total. The van der Waals surface area contributed by atoms with Crippen LogP contribution in [0, 0.1) is 5.92 Å². The smallest absolute Gasteiger partial charge is 0.0612 e. The number of nitrogens with zero attached hydrogens (tertiary/aromatic N) is 1. The molecule has 0 aromatic carbocycles. The van der Waals surface area contributed by atoms with E-state index < -0.39 is 0 Å². The van der Waals surface area contributed by atoms with E-state index in [2.05, 4.69) is 11.9 Å². The Morgan fingerprint density at radius 3 is 2.64 bits per heavy atom. The van der Waals surface area contributed by atoms with Crippen molar-refractivity contribution >= 4 is 0 Å². The maximum absolute atomic E-state index is 5.63. The van der Waals surface area contributed by atoms with Gasteiger partial charge in [-0.05, 0) is 38.6 Å². The van der Waals surface area contributed by atoms with Crippen LogP contribution in [0.25, 0.3) is 0 Å². The molecule has 0 aromatic heterocycles. The van der Waals surface area contributed by atoms with Crippen LogP contribution in [0.5, 0.6) is 0 Å². The van der Waals surface area contributed by atoms with Crippen molar-refractivity contribution in [2.45, 2.75) is 50.7 Å². The first kappa shape index (κ1) is 10.4. The summed E-state index contributed by atoms with van der Waals surface area (Å²) in [6, 6.07) is 0.831. The van der Waals surface area contributed by atoms with E-state index in [1.54, 1.807) is 0 Å². The van der Waals surface area contributed by atoms with Crippen molar-refractivity contribution in [1.82, 2.24) is 4.90 Å². The fourth-order valence-electron chi connectivity index (χ4n) is 3.19. The third kappa shape index (κ3) is 2.12. The fraction of sp³-hybridized carbons (Fsp3) is 1.00. The second-order valence-corrected chi connectivity index (χ2v) is 4.99. The third-order valence-electron chi connectivity index (χ3n) is 4.12. The van der Waals surface area contributed by atoms with Gasteiger partial charge in [-0.15, -0.1) is 0 Å². The molecule has 0 N–H and O–H groups in total. The van der Waals surface area contributed by atoms with Gasteiger partial charge in [0.1, 0.15) is 0 Å². The van der Waals surface area contributed by atoms with E-state index in [1.165, 1.54) is 45.1 Å². The van der Waals surface area contributed by atoms with E-state index in [-0.39, 0.29) is 0 Å². The van der Waals surface area contributed by atoms with E-state index in [1.807, 2.05) is 7.11 Å². The summed E-state index contributed by atoms with van der Waals surface area (Å²) in [4.78, 5) is 2.57. The number of rotatable bonds is 1. The van der Waals surface area contributed by atoms with Crippen LogP contribution < -0.4 is 0 Å². The van der Waals surface area contributed by atoms with Crippen LogP contribution >= 0.6 is 0 Å². The van der Waals surface area contributed by atoms with Gasteiger partial charge in [0.25, 0.3) is 0 Å². The van der Waals surface area contributed by atoms with Gasteiger partial charge < -0.3 is 9.64 Å². The molecule has 2 aliphatic rings. The second kappa shape index (κ2) is 4.63. The highest BCUT2D eigenvalue weighted by Gasteiger charge is 2.31. The van der Waals surface area contributed by atoms with Crippen LogP contribution in [0.1, 0.15) is 38.5 Å². The fourth-order valence-corrected chi connectivity index (χ4v) is 3.19. The van der Waals surface area contributed by atoms with Gasteiger partial charge in [-0.25, -0.2) is 0 Å². The normalized spacial score (nSPS) is 40.3. The van der Waals surface area contributed by atoms with Gasteiger partial charge in [-0.3, -0.25) is 0 Å². The van der Waals surface area contributed by atoms with Crippen LogP contribution in [0.15, 0.2) is 0 Å². The molecule has 3 unspecified atom stereocenters. The molecule has 0 aliphatic carbocycles. The molecular formula is C12H23NO. The summed E-state index contributed by atoms with van der Waals surface area (Å²) >= 11 is 0. The molecule has 0 saturated carbocycles. The SMILES string of the molecule is COC1CCC2CCCCC1CN2C. The number of hydrogen-bond acceptors (Lipinski definition) is 2. The monoisotopic (exact) mass is 197 g/mol. The zero-order valence-electron chi connectivity index (χ0n) is 9.54. The quantitative estimate of drug-likeness (QED) is 0.639. The van der Waals surface area contributed by atoms with Crippen LogP contribution in [-0.4, -0.2) is 37.7 Å². The van der Waals surface area contributed by atoms with Crippen molar-refractivity contribution in [2.75, 3.05) is 20.7 Å². The lowest BCUT2D eigenvalue weighted by Crippen LogP contribution is -2.36. The topological polar surface area (TPSA) is 12.5 Å². The molecule has 2 aliphatic heterocycles. The molecule has 82 valence electrons. The molecule has 2 heteroatoms. The van der Waals surface area contributed by atoms with Gasteiger partial charge >= 0.3 is 0 Å². The van der Waals surface area contributed by atoms with E-state index in [4.69, 9.17) is 4.74 Å². The Balaban J connectivity index is 2.09. The van der Waals surface area contributed by atoms with Crippen molar-refractivity contribution in [3.05, 3.63) is 0 Å². The Labute approximate surface area is 87.6 Å². The van der Waals surface area contributed by atoms with Gasteiger partial charge in [0.05, 0.1) is 6.10 Å². The van der Waals surface area contributed by atoms with Crippen molar-refractivity contribution in [1.29, 1.82) is 0 Å². The van der Waals surface area contributed by atoms with E-state index >= 15 is 0 Å². The van der Waals surface area contributed by atoms with E-state index in [0.29, 0.717) is 6.10 Å². The van der Waals surface area contributed by atoms with Gasteiger partial charge in [0, 0.05) is 19.7 Å². The third-order valence-corrected chi connectivity index (χ3v) is 4.12. The average molecular weight is 197 g/mol. The van der Waals surface area contributed by atoms with Crippen molar-refractivity contribution in [3.8, 4) is 0 Å². The predicted octanol–water partition coefficient (Wildman–Crippen LogP) is 2.29. The number of fused-ring (bicyclic) bond motifs is 3. The molecule has 2 fully saturated rings. The lowest BCUT2D eigenvalue weighted by Gasteiger charge is -2.31.